The molecule has 1 fully saturated rings. The Morgan fingerprint density at radius 1 is 0.871 bits per heavy atom. The van der Waals surface area contributed by atoms with Crippen LogP contribution in [-0.4, -0.2) is 87.7 Å². The largest absolute Gasteiger partial charge is 0.497 e. The van der Waals surface area contributed by atoms with Crippen LogP contribution in [0.1, 0.15) is 94.3 Å². The van der Waals surface area contributed by atoms with Gasteiger partial charge in [-0.15, -0.1) is 0 Å². The molecule has 0 spiro atoms. The maximum Gasteiger partial charge on any atom is 0.306 e. The summed E-state index contributed by atoms with van der Waals surface area (Å²) in [6, 6.07) is 35.9. The number of carbonyl (C=O) groups excluding carboxylic acids is 2. The molecule has 0 amide bonds. The molecule has 70 heavy (non-hydrogen) atoms. The van der Waals surface area contributed by atoms with Crippen molar-refractivity contribution < 1.29 is 42.3 Å². The van der Waals surface area contributed by atoms with Gasteiger partial charge in [-0.2, -0.15) is 5.26 Å². The van der Waals surface area contributed by atoms with Crippen LogP contribution in [0.2, 0.25) is 0 Å². The smallest absolute Gasteiger partial charge is 0.306 e. The molecule has 2 aromatic heterocycles. The lowest BCUT2D eigenvalue weighted by Crippen LogP contribution is -2.39. The van der Waals surface area contributed by atoms with Gasteiger partial charge < -0.3 is 42.8 Å². The molecule has 16 nitrogen and oxygen atoms in total. The predicted molar refractivity (Wildman–Crippen MR) is 266 cm³/mol. The summed E-state index contributed by atoms with van der Waals surface area (Å²) in [4.78, 5) is 37.5. The van der Waals surface area contributed by atoms with E-state index in [9.17, 15) is 14.9 Å². The number of nitriles is 1. The summed E-state index contributed by atoms with van der Waals surface area (Å²) in [6.45, 7) is 10.7. The summed E-state index contributed by atoms with van der Waals surface area (Å²) in [5.74, 6) is 1.48. The molecule has 6 aromatic rings. The van der Waals surface area contributed by atoms with Crippen LogP contribution in [0, 0.1) is 11.3 Å². The Bertz CT molecular complexity index is 2620. The van der Waals surface area contributed by atoms with Gasteiger partial charge >= 0.3 is 5.97 Å². The molecule has 0 aliphatic carbocycles. The van der Waals surface area contributed by atoms with E-state index in [4.69, 9.17) is 42.7 Å². The first-order valence-electron chi connectivity index (χ1n) is 23.5. The number of fused-ring (bicyclic) bond motifs is 1. The van der Waals surface area contributed by atoms with Gasteiger partial charge in [0.05, 0.1) is 58.8 Å². The Morgan fingerprint density at radius 2 is 1.53 bits per heavy atom. The molecule has 17 heteroatoms. The summed E-state index contributed by atoms with van der Waals surface area (Å²) in [5, 5.41) is 12.9. The van der Waals surface area contributed by atoms with Crippen LogP contribution in [-0.2, 0) is 51.6 Å². The first-order valence-corrected chi connectivity index (χ1v) is 24.6. The third kappa shape index (κ3) is 12.5. The number of anilines is 1. The average Bonchev–Trinajstić information content (AvgIpc) is 3.99. The minimum atomic E-state index is -1.67. The van der Waals surface area contributed by atoms with Crippen LogP contribution in [0.15, 0.2) is 116 Å². The molecule has 1 aliphatic heterocycles. The van der Waals surface area contributed by atoms with Gasteiger partial charge in [-0.25, -0.2) is 19.6 Å². The molecule has 4 atom stereocenters. The number of Topliss-reactive ketones (excluding diaryl/α,β-unsaturated/α-hetero) is 1. The maximum absolute atomic E-state index is 12.2. The first-order chi connectivity index (χ1) is 33.9. The van der Waals surface area contributed by atoms with Crippen molar-refractivity contribution in [2.45, 2.75) is 110 Å². The molecule has 1 N–H and O–H groups in total. The number of ether oxygens (including phenoxy) is 5. The zero-order valence-corrected chi connectivity index (χ0v) is 41.7. The molecule has 0 radical (unpaired) electrons. The molecule has 1 aliphatic rings. The lowest BCUT2D eigenvalue weighted by Gasteiger charge is -2.39. The van der Waals surface area contributed by atoms with Crippen molar-refractivity contribution in [1.82, 2.24) is 24.2 Å². The minimum Gasteiger partial charge on any atom is -0.497 e. The molecule has 1 unspecified atom stereocenters. The van der Waals surface area contributed by atoms with Crippen LogP contribution in [0.4, 0.5) is 5.82 Å². The number of rotatable bonds is 25. The molecular weight excluding hydrogens is 910 g/mol. The van der Waals surface area contributed by atoms with E-state index in [-0.39, 0.29) is 57.0 Å². The third-order valence-corrected chi connectivity index (χ3v) is 14.1. The SMILES string of the molecule is COc1ccc(C(OC[C@H]2O[C@@H](n3cnc4c(NCc5cccc(COC(=O)CCC(C)=O)c5)ncnc43)C[C@@H]2OP(OCCC#N)N(C(C)C)C(C)C)(c2ccccc2)c2ccc(OC)cc2)cc1. The summed E-state index contributed by atoms with van der Waals surface area (Å²) in [7, 11) is 1.62. The van der Waals surface area contributed by atoms with E-state index in [0.717, 1.165) is 27.8 Å². The molecular formula is C53H62N7O9P. The fourth-order valence-corrected chi connectivity index (χ4v) is 10.3. The van der Waals surface area contributed by atoms with E-state index < -0.39 is 38.5 Å². The van der Waals surface area contributed by atoms with E-state index in [1.807, 2.05) is 95.6 Å². The lowest BCUT2D eigenvalue weighted by atomic mass is 9.80. The fraction of sp³-hybridized carbons (Fsp3) is 0.396. The number of aromatic nitrogens is 4. The highest BCUT2D eigenvalue weighted by Gasteiger charge is 2.45. The van der Waals surface area contributed by atoms with Gasteiger partial charge in [0, 0.05) is 31.5 Å². The van der Waals surface area contributed by atoms with Crippen molar-refractivity contribution in [3.05, 3.63) is 144 Å². The summed E-state index contributed by atoms with van der Waals surface area (Å²) in [6.07, 6.45) is 2.26. The normalized spacial score (nSPS) is 16.4. The lowest BCUT2D eigenvalue weighted by molar-refractivity contribution is -0.146. The topological polar surface area (TPSA) is 181 Å². The van der Waals surface area contributed by atoms with Crippen molar-refractivity contribution >= 4 is 37.3 Å². The molecule has 7 rings (SSSR count). The second kappa shape index (κ2) is 24.5. The van der Waals surface area contributed by atoms with E-state index in [1.165, 1.54) is 13.3 Å². The summed E-state index contributed by atoms with van der Waals surface area (Å²) >= 11 is 0. The van der Waals surface area contributed by atoms with Gasteiger partial charge in [0.15, 0.2) is 17.0 Å². The van der Waals surface area contributed by atoms with Crippen molar-refractivity contribution in [1.29, 1.82) is 5.26 Å². The van der Waals surface area contributed by atoms with Crippen molar-refractivity contribution in [2.75, 3.05) is 32.8 Å². The molecule has 3 heterocycles. The number of esters is 1. The molecule has 0 bridgehead atoms. The highest BCUT2D eigenvalue weighted by molar-refractivity contribution is 7.44. The van der Waals surface area contributed by atoms with Crippen molar-refractivity contribution in [2.24, 2.45) is 0 Å². The molecule has 368 valence electrons. The van der Waals surface area contributed by atoms with Gasteiger partial charge in [0.2, 0.25) is 0 Å². The Balaban J connectivity index is 1.21. The van der Waals surface area contributed by atoms with Gasteiger partial charge in [-0.1, -0.05) is 78.9 Å². The quantitative estimate of drug-likeness (QED) is 0.0248. The van der Waals surface area contributed by atoms with Crippen LogP contribution < -0.4 is 14.8 Å². The van der Waals surface area contributed by atoms with Crippen LogP contribution in [0.5, 0.6) is 11.5 Å². The number of ketones is 1. The number of methoxy groups -OCH3 is 2. The van der Waals surface area contributed by atoms with Crippen LogP contribution >= 0.6 is 8.53 Å². The van der Waals surface area contributed by atoms with E-state index in [2.05, 4.69) is 60.9 Å². The number of carbonyl (C=O) groups is 2. The second-order valence-corrected chi connectivity index (χ2v) is 18.9. The van der Waals surface area contributed by atoms with Crippen molar-refractivity contribution in [3.63, 3.8) is 0 Å². The summed E-state index contributed by atoms with van der Waals surface area (Å²) < 4.78 is 48.7. The van der Waals surface area contributed by atoms with Crippen LogP contribution in [0.3, 0.4) is 0 Å². The van der Waals surface area contributed by atoms with Gasteiger partial charge in [-0.05, 0) is 86.7 Å². The highest BCUT2D eigenvalue weighted by Crippen LogP contribution is 2.51. The Morgan fingerprint density at radius 3 is 2.16 bits per heavy atom. The van der Waals surface area contributed by atoms with E-state index in [0.29, 0.717) is 41.4 Å². The third-order valence-electron chi connectivity index (χ3n) is 11.9. The Kier molecular flexibility index (Phi) is 18.0. The van der Waals surface area contributed by atoms with Gasteiger partial charge in [-0.3, -0.25) is 9.36 Å². The monoisotopic (exact) mass is 971 g/mol. The fourth-order valence-electron chi connectivity index (χ4n) is 8.55. The standard InChI is InChI=1S/C53H62N7O9P/c1-36(2)60(37(3)4)70(67-28-12-27-54)69-46-30-48(59-35-58-50-51(56-34-57-52(50)59)55-31-39-13-11-14-40(29-39)32-65-49(62)26-17-38(5)61)68-47(46)33-66-53(41-15-9-8-10-16-41,42-18-22-44(63-6)23-19-42)43-20-24-45(64-7)25-21-43/h8-11,13-16,18-25,29,34-37,46-48H,12,17,26,28,30-33H2,1-7H3,(H,55,56,57)/t46-,47+,48+,70?/m0/s1. The summed E-state index contributed by atoms with van der Waals surface area (Å²) in [5.41, 5.74) is 4.38. The zero-order chi connectivity index (χ0) is 49.6. The molecule has 1 saturated heterocycles. The minimum absolute atomic E-state index is 0.0546. The highest BCUT2D eigenvalue weighted by atomic mass is 31.2. The van der Waals surface area contributed by atoms with Gasteiger partial charge in [0.25, 0.3) is 8.53 Å². The second-order valence-electron chi connectivity index (χ2n) is 17.5. The van der Waals surface area contributed by atoms with E-state index in [1.54, 1.807) is 20.5 Å². The number of imidazole rings is 1. The predicted octanol–water partition coefficient (Wildman–Crippen LogP) is 9.83. The van der Waals surface area contributed by atoms with Crippen molar-refractivity contribution in [3.8, 4) is 17.6 Å². The Labute approximate surface area is 411 Å². The van der Waals surface area contributed by atoms with E-state index >= 15 is 0 Å². The number of nitrogens with zero attached hydrogens (tertiary/aromatic N) is 6. The Hall–Kier alpha value is -6.31. The maximum atomic E-state index is 12.2. The average molecular weight is 972 g/mol. The zero-order valence-electron chi connectivity index (χ0n) is 40.8. The number of benzene rings is 4. The number of hydrogen-bond donors (Lipinski definition) is 1. The molecule has 0 saturated carbocycles. The molecule has 4 aromatic carbocycles. The first kappa shape index (κ1) is 51.5. The van der Waals surface area contributed by atoms with Gasteiger partial charge in [0.1, 0.15) is 48.1 Å². The van der Waals surface area contributed by atoms with Crippen LogP contribution in [0.25, 0.3) is 11.2 Å². The number of nitrogens with one attached hydrogen (secondary N) is 1. The number of hydrogen-bond acceptors (Lipinski definition) is 15.